The number of hydrogen-bond donors (Lipinski definition) is 1. The van der Waals surface area contributed by atoms with Gasteiger partial charge in [-0.15, -0.1) is 0 Å². The number of furan rings is 1. The normalized spacial score (nSPS) is 11.1. The van der Waals surface area contributed by atoms with Gasteiger partial charge >= 0.3 is 0 Å². The van der Waals surface area contributed by atoms with Crippen LogP contribution in [0.25, 0.3) is 11.3 Å². The maximum Gasteiger partial charge on any atom is 0.269 e. The minimum absolute atomic E-state index is 0.0229. The summed E-state index contributed by atoms with van der Waals surface area (Å²) < 4.78 is 7.23. The second-order valence-electron chi connectivity index (χ2n) is 5.92. The SMILES string of the molecule is Cc1cc([N+](=O)[O-])ccc1-c1ccc(C=NNC(=O)CCn2cc(Cl)cn2)o1. The Kier molecular flexibility index (Phi) is 5.85. The molecule has 0 aliphatic rings. The first kappa shape index (κ1) is 19.3. The van der Waals surface area contributed by atoms with Crippen molar-refractivity contribution in [2.24, 2.45) is 5.10 Å². The molecule has 144 valence electrons. The van der Waals surface area contributed by atoms with E-state index < -0.39 is 4.92 Å². The molecule has 0 aliphatic carbocycles. The largest absolute Gasteiger partial charge is 0.455 e. The number of benzene rings is 1. The van der Waals surface area contributed by atoms with Gasteiger partial charge in [-0.3, -0.25) is 19.6 Å². The van der Waals surface area contributed by atoms with Crippen LogP contribution in [0.15, 0.2) is 52.2 Å². The fourth-order valence-electron chi connectivity index (χ4n) is 2.51. The molecule has 3 rings (SSSR count). The van der Waals surface area contributed by atoms with Crippen LogP contribution in [0.1, 0.15) is 17.7 Å². The Labute approximate surface area is 164 Å². The number of non-ortho nitro benzene ring substituents is 1. The third-order valence-electron chi connectivity index (χ3n) is 3.86. The van der Waals surface area contributed by atoms with E-state index in [1.165, 1.54) is 24.5 Å². The van der Waals surface area contributed by atoms with Crippen molar-refractivity contribution in [1.29, 1.82) is 0 Å². The maximum atomic E-state index is 11.8. The molecule has 28 heavy (non-hydrogen) atoms. The Balaban J connectivity index is 1.56. The van der Waals surface area contributed by atoms with E-state index in [1.54, 1.807) is 36.0 Å². The van der Waals surface area contributed by atoms with Crippen LogP contribution < -0.4 is 5.43 Å². The lowest BCUT2D eigenvalue weighted by Crippen LogP contribution is -2.19. The van der Waals surface area contributed by atoms with Crippen molar-refractivity contribution in [3.8, 4) is 11.3 Å². The molecule has 3 aromatic rings. The van der Waals surface area contributed by atoms with Crippen LogP contribution in [0.3, 0.4) is 0 Å². The molecule has 0 radical (unpaired) electrons. The summed E-state index contributed by atoms with van der Waals surface area (Å²) in [4.78, 5) is 22.2. The molecule has 0 bridgehead atoms. The first-order chi connectivity index (χ1) is 13.4. The van der Waals surface area contributed by atoms with E-state index in [0.29, 0.717) is 23.1 Å². The fourth-order valence-corrected chi connectivity index (χ4v) is 2.66. The monoisotopic (exact) mass is 401 g/mol. The van der Waals surface area contributed by atoms with Gasteiger partial charge in [-0.1, -0.05) is 11.6 Å². The number of carbonyl (C=O) groups excluding carboxylic acids is 1. The summed E-state index contributed by atoms with van der Waals surface area (Å²) in [5, 5.41) is 19.2. The Hall–Kier alpha value is -3.46. The van der Waals surface area contributed by atoms with Crippen molar-refractivity contribution in [2.45, 2.75) is 19.9 Å². The minimum atomic E-state index is -0.444. The van der Waals surface area contributed by atoms with Gasteiger partial charge in [0.25, 0.3) is 5.69 Å². The molecule has 0 aliphatic heterocycles. The lowest BCUT2D eigenvalue weighted by molar-refractivity contribution is -0.384. The molecule has 0 unspecified atom stereocenters. The van der Waals surface area contributed by atoms with E-state index in [1.807, 2.05) is 0 Å². The summed E-state index contributed by atoms with van der Waals surface area (Å²) in [5.41, 5.74) is 3.90. The Bertz CT molecular complexity index is 1040. The molecule has 0 spiro atoms. The van der Waals surface area contributed by atoms with Crippen LogP contribution in [-0.2, 0) is 11.3 Å². The average Bonchev–Trinajstić information content (AvgIpc) is 3.29. The van der Waals surface area contributed by atoms with Crippen LogP contribution in [0.5, 0.6) is 0 Å². The molecule has 0 fully saturated rings. The number of aryl methyl sites for hydroxylation is 2. The van der Waals surface area contributed by atoms with Crippen molar-refractivity contribution in [3.63, 3.8) is 0 Å². The van der Waals surface area contributed by atoms with Crippen molar-refractivity contribution >= 4 is 29.4 Å². The van der Waals surface area contributed by atoms with E-state index in [0.717, 1.165) is 11.1 Å². The number of aromatic nitrogens is 2. The molecular weight excluding hydrogens is 386 g/mol. The molecule has 1 N–H and O–H groups in total. The van der Waals surface area contributed by atoms with Crippen LogP contribution in [-0.4, -0.2) is 26.8 Å². The number of amides is 1. The van der Waals surface area contributed by atoms with Crippen molar-refractivity contribution in [1.82, 2.24) is 15.2 Å². The van der Waals surface area contributed by atoms with Crippen LogP contribution in [0, 0.1) is 17.0 Å². The first-order valence-electron chi connectivity index (χ1n) is 8.27. The zero-order chi connectivity index (χ0) is 20.1. The van der Waals surface area contributed by atoms with E-state index in [4.69, 9.17) is 16.0 Å². The van der Waals surface area contributed by atoms with E-state index in [2.05, 4.69) is 15.6 Å². The third kappa shape index (κ3) is 4.83. The molecule has 2 aromatic heterocycles. The van der Waals surface area contributed by atoms with E-state index in [-0.39, 0.29) is 18.0 Å². The quantitative estimate of drug-likeness (QED) is 0.369. The number of nitrogens with zero attached hydrogens (tertiary/aromatic N) is 4. The van der Waals surface area contributed by atoms with Gasteiger partial charge in [0.1, 0.15) is 11.5 Å². The highest BCUT2D eigenvalue weighted by Gasteiger charge is 2.12. The molecule has 9 nitrogen and oxygen atoms in total. The fraction of sp³-hybridized carbons (Fsp3) is 0.167. The second-order valence-corrected chi connectivity index (χ2v) is 6.36. The number of hydrogen-bond acceptors (Lipinski definition) is 6. The zero-order valence-electron chi connectivity index (χ0n) is 14.8. The number of hydrazone groups is 1. The molecule has 10 heteroatoms. The summed E-state index contributed by atoms with van der Waals surface area (Å²) in [5.74, 6) is 0.712. The van der Waals surface area contributed by atoms with Crippen LogP contribution in [0.4, 0.5) is 5.69 Å². The van der Waals surface area contributed by atoms with Gasteiger partial charge in [-0.05, 0) is 30.7 Å². The number of carbonyl (C=O) groups is 1. The predicted octanol–water partition coefficient (Wildman–Crippen LogP) is 3.55. The summed E-state index contributed by atoms with van der Waals surface area (Å²) in [6.07, 6.45) is 4.70. The van der Waals surface area contributed by atoms with Crippen LogP contribution >= 0.6 is 11.6 Å². The predicted molar refractivity (Wildman–Crippen MR) is 103 cm³/mol. The topological polar surface area (TPSA) is 116 Å². The molecule has 1 amide bonds. The second kappa shape index (κ2) is 8.49. The number of nitro groups is 1. The molecule has 0 saturated carbocycles. The third-order valence-corrected chi connectivity index (χ3v) is 4.06. The Morgan fingerprint density at radius 3 is 2.93 bits per heavy atom. The first-order valence-corrected chi connectivity index (χ1v) is 8.65. The van der Waals surface area contributed by atoms with Gasteiger partial charge in [0.15, 0.2) is 0 Å². The number of nitrogens with one attached hydrogen (secondary N) is 1. The van der Waals surface area contributed by atoms with E-state index >= 15 is 0 Å². The van der Waals surface area contributed by atoms with Crippen molar-refractivity contribution in [3.05, 3.63) is 69.2 Å². The lowest BCUT2D eigenvalue weighted by Gasteiger charge is -2.02. The van der Waals surface area contributed by atoms with Crippen molar-refractivity contribution in [2.75, 3.05) is 0 Å². The Morgan fingerprint density at radius 2 is 2.25 bits per heavy atom. The van der Waals surface area contributed by atoms with Gasteiger partial charge in [0.2, 0.25) is 5.91 Å². The summed E-state index contributed by atoms with van der Waals surface area (Å²) in [6, 6.07) is 7.97. The highest BCUT2D eigenvalue weighted by Crippen LogP contribution is 2.28. The molecule has 0 saturated heterocycles. The molecule has 2 heterocycles. The van der Waals surface area contributed by atoms with Gasteiger partial charge in [-0.25, -0.2) is 5.43 Å². The summed E-state index contributed by atoms with van der Waals surface area (Å²) in [6.45, 7) is 2.16. The smallest absolute Gasteiger partial charge is 0.269 e. The average molecular weight is 402 g/mol. The van der Waals surface area contributed by atoms with Crippen molar-refractivity contribution < 1.29 is 14.1 Å². The maximum absolute atomic E-state index is 11.8. The number of halogens is 1. The van der Waals surface area contributed by atoms with Gasteiger partial charge in [-0.2, -0.15) is 10.2 Å². The summed E-state index contributed by atoms with van der Waals surface area (Å²) in [7, 11) is 0. The number of nitro benzene ring substituents is 1. The highest BCUT2D eigenvalue weighted by molar-refractivity contribution is 6.30. The molecule has 0 atom stereocenters. The zero-order valence-corrected chi connectivity index (χ0v) is 15.6. The highest BCUT2D eigenvalue weighted by atomic mass is 35.5. The van der Waals surface area contributed by atoms with E-state index in [9.17, 15) is 14.9 Å². The minimum Gasteiger partial charge on any atom is -0.455 e. The van der Waals surface area contributed by atoms with Crippen LogP contribution in [0.2, 0.25) is 5.02 Å². The summed E-state index contributed by atoms with van der Waals surface area (Å²) >= 11 is 5.76. The Morgan fingerprint density at radius 1 is 1.43 bits per heavy atom. The van der Waals surface area contributed by atoms with Gasteiger partial charge < -0.3 is 4.42 Å². The lowest BCUT2D eigenvalue weighted by atomic mass is 10.1. The van der Waals surface area contributed by atoms with Gasteiger partial charge in [0, 0.05) is 36.9 Å². The molecule has 1 aromatic carbocycles. The standard InChI is InChI=1S/C18H16ClN5O4/c1-12-8-14(24(26)27)2-4-16(12)17-5-3-15(28-17)10-20-22-18(25)6-7-23-11-13(19)9-21-23/h2-5,8-11H,6-7H2,1H3,(H,22,25). The number of rotatable bonds is 7. The molecular formula is C18H16ClN5O4. The van der Waals surface area contributed by atoms with Gasteiger partial charge in [0.05, 0.1) is 22.4 Å².